The zero-order chi connectivity index (χ0) is 9.68. The van der Waals surface area contributed by atoms with Gasteiger partial charge in [0.25, 0.3) is 0 Å². The first-order valence-electron chi connectivity index (χ1n) is 4.76. The smallest absolute Gasteiger partial charge is 0.236 e. The van der Waals surface area contributed by atoms with Gasteiger partial charge in [0, 0.05) is 13.1 Å². The summed E-state index contributed by atoms with van der Waals surface area (Å²) in [5.74, 6) is 0.304. The molecular weight excluding hydrogens is 171 g/mol. The number of hydrogen-bond donors (Lipinski definition) is 1. The van der Waals surface area contributed by atoms with Gasteiger partial charge in [0.1, 0.15) is 0 Å². The minimum absolute atomic E-state index is 0.125. The van der Waals surface area contributed by atoms with Crippen LogP contribution in [-0.4, -0.2) is 44.2 Å². The molecule has 0 aromatic carbocycles. The van der Waals surface area contributed by atoms with Crippen LogP contribution in [0.5, 0.6) is 0 Å². The Kier molecular flexibility index (Phi) is 4.15. The highest BCUT2D eigenvalue weighted by atomic mass is 19.1. The molecule has 13 heavy (non-hydrogen) atoms. The molecule has 0 unspecified atom stereocenters. The lowest BCUT2D eigenvalue weighted by molar-refractivity contribution is -0.131. The quantitative estimate of drug-likeness (QED) is 0.696. The lowest BCUT2D eigenvalue weighted by atomic mass is 9.98. The Morgan fingerprint density at radius 3 is 2.62 bits per heavy atom. The normalized spacial score (nSPS) is 19.1. The van der Waals surface area contributed by atoms with Crippen molar-refractivity contribution in [1.82, 2.24) is 10.2 Å². The molecule has 0 aromatic rings. The number of alkyl halides is 1. The highest BCUT2D eigenvalue weighted by molar-refractivity contribution is 5.78. The second-order valence-corrected chi connectivity index (χ2v) is 3.51. The molecule has 0 bridgehead atoms. The molecule has 3 nitrogen and oxygen atoms in total. The fourth-order valence-electron chi connectivity index (χ4n) is 1.60. The van der Waals surface area contributed by atoms with Crippen molar-refractivity contribution >= 4 is 5.91 Å². The van der Waals surface area contributed by atoms with Crippen molar-refractivity contribution in [3.8, 4) is 0 Å². The molecule has 0 aliphatic carbocycles. The first-order valence-corrected chi connectivity index (χ1v) is 4.76. The molecule has 0 spiro atoms. The Balaban J connectivity index is 2.28. The van der Waals surface area contributed by atoms with E-state index in [1.165, 1.54) is 0 Å². The largest absolute Gasteiger partial charge is 0.342 e. The molecular formula is C9H17FN2O. The van der Waals surface area contributed by atoms with E-state index in [0.717, 1.165) is 25.9 Å². The van der Waals surface area contributed by atoms with Crippen molar-refractivity contribution in [3.05, 3.63) is 0 Å². The van der Waals surface area contributed by atoms with Gasteiger partial charge in [0.15, 0.2) is 0 Å². The zero-order valence-corrected chi connectivity index (χ0v) is 8.05. The van der Waals surface area contributed by atoms with Crippen LogP contribution in [0.2, 0.25) is 0 Å². The van der Waals surface area contributed by atoms with Gasteiger partial charge in [-0.25, -0.2) is 0 Å². The number of rotatable bonds is 3. The number of carbonyl (C=O) groups is 1. The third-order valence-electron chi connectivity index (χ3n) is 2.51. The molecule has 76 valence electrons. The lowest BCUT2D eigenvalue weighted by Gasteiger charge is -2.30. The SMILES string of the molecule is CNCC(=O)N1CCC(CF)CC1. The molecule has 1 saturated heterocycles. The molecule has 4 heteroatoms. The summed E-state index contributed by atoms with van der Waals surface area (Å²) >= 11 is 0. The summed E-state index contributed by atoms with van der Waals surface area (Å²) in [5, 5.41) is 2.82. The molecule has 1 aliphatic heterocycles. The van der Waals surface area contributed by atoms with E-state index in [4.69, 9.17) is 0 Å². The van der Waals surface area contributed by atoms with E-state index in [1.807, 2.05) is 4.90 Å². The minimum Gasteiger partial charge on any atom is -0.342 e. The zero-order valence-electron chi connectivity index (χ0n) is 8.05. The van der Waals surface area contributed by atoms with Gasteiger partial charge in [-0.05, 0) is 25.8 Å². The summed E-state index contributed by atoms with van der Waals surface area (Å²) in [6, 6.07) is 0. The Morgan fingerprint density at radius 1 is 1.54 bits per heavy atom. The standard InChI is InChI=1S/C9H17FN2O/c1-11-7-9(13)12-4-2-8(6-10)3-5-12/h8,11H,2-7H2,1H3. The van der Waals surface area contributed by atoms with Crippen LogP contribution in [0.15, 0.2) is 0 Å². The van der Waals surface area contributed by atoms with Gasteiger partial charge in [-0.1, -0.05) is 0 Å². The Bertz CT molecular complexity index is 167. The van der Waals surface area contributed by atoms with E-state index >= 15 is 0 Å². The Labute approximate surface area is 78.3 Å². The summed E-state index contributed by atoms with van der Waals surface area (Å²) < 4.78 is 12.2. The maximum Gasteiger partial charge on any atom is 0.236 e. The number of nitrogens with one attached hydrogen (secondary N) is 1. The van der Waals surface area contributed by atoms with E-state index in [1.54, 1.807) is 7.05 Å². The van der Waals surface area contributed by atoms with E-state index in [2.05, 4.69) is 5.32 Å². The van der Waals surface area contributed by atoms with E-state index in [9.17, 15) is 9.18 Å². The van der Waals surface area contributed by atoms with Crippen LogP contribution in [0.3, 0.4) is 0 Å². The van der Waals surface area contributed by atoms with Crippen LogP contribution in [0.1, 0.15) is 12.8 Å². The average molecular weight is 188 g/mol. The van der Waals surface area contributed by atoms with Gasteiger partial charge >= 0.3 is 0 Å². The summed E-state index contributed by atoms with van der Waals surface area (Å²) in [5.41, 5.74) is 0. The summed E-state index contributed by atoms with van der Waals surface area (Å²) in [6.07, 6.45) is 1.62. The van der Waals surface area contributed by atoms with Crippen molar-refractivity contribution in [3.63, 3.8) is 0 Å². The molecule has 1 aliphatic rings. The molecule has 1 rings (SSSR count). The van der Waals surface area contributed by atoms with Gasteiger partial charge in [0.2, 0.25) is 5.91 Å². The summed E-state index contributed by atoms with van der Waals surface area (Å²) in [7, 11) is 1.76. The fourth-order valence-corrected chi connectivity index (χ4v) is 1.60. The number of carbonyl (C=O) groups excluding carboxylic acids is 1. The molecule has 0 aromatic heterocycles. The Hall–Kier alpha value is -0.640. The molecule has 1 fully saturated rings. The van der Waals surface area contributed by atoms with Crippen LogP contribution in [0, 0.1) is 5.92 Å². The van der Waals surface area contributed by atoms with Crippen LogP contribution >= 0.6 is 0 Å². The van der Waals surface area contributed by atoms with Crippen molar-refractivity contribution in [1.29, 1.82) is 0 Å². The second kappa shape index (κ2) is 5.17. The van der Waals surface area contributed by atoms with Crippen LogP contribution in [0.4, 0.5) is 4.39 Å². The number of hydrogen-bond acceptors (Lipinski definition) is 2. The number of piperidine rings is 1. The third kappa shape index (κ3) is 2.95. The van der Waals surface area contributed by atoms with Gasteiger partial charge in [0.05, 0.1) is 13.2 Å². The highest BCUT2D eigenvalue weighted by Gasteiger charge is 2.21. The average Bonchev–Trinajstić information content (AvgIpc) is 2.18. The van der Waals surface area contributed by atoms with Crippen molar-refractivity contribution < 1.29 is 9.18 Å². The van der Waals surface area contributed by atoms with Gasteiger partial charge in [-0.15, -0.1) is 0 Å². The minimum atomic E-state index is -0.242. The number of amides is 1. The highest BCUT2D eigenvalue weighted by Crippen LogP contribution is 2.17. The topological polar surface area (TPSA) is 32.3 Å². The summed E-state index contributed by atoms with van der Waals surface area (Å²) in [6.45, 7) is 1.58. The predicted octanol–water partition coefficient (Wildman–Crippen LogP) is 0.414. The van der Waals surface area contributed by atoms with E-state index in [0.29, 0.717) is 6.54 Å². The molecule has 0 atom stereocenters. The van der Waals surface area contributed by atoms with Gasteiger partial charge in [-0.3, -0.25) is 9.18 Å². The van der Waals surface area contributed by atoms with Crippen LogP contribution in [0.25, 0.3) is 0 Å². The first kappa shape index (κ1) is 10.4. The van der Waals surface area contributed by atoms with E-state index in [-0.39, 0.29) is 18.5 Å². The maximum atomic E-state index is 12.2. The third-order valence-corrected chi connectivity index (χ3v) is 2.51. The monoisotopic (exact) mass is 188 g/mol. The maximum absolute atomic E-state index is 12.2. The van der Waals surface area contributed by atoms with Crippen molar-refractivity contribution in [2.45, 2.75) is 12.8 Å². The Morgan fingerprint density at radius 2 is 2.15 bits per heavy atom. The second-order valence-electron chi connectivity index (χ2n) is 3.51. The number of likely N-dealkylation sites (N-methyl/N-ethyl adjacent to an activating group) is 1. The fraction of sp³-hybridized carbons (Fsp3) is 0.889. The van der Waals surface area contributed by atoms with Crippen LogP contribution < -0.4 is 5.32 Å². The molecule has 1 N–H and O–H groups in total. The molecule has 1 amide bonds. The van der Waals surface area contributed by atoms with Gasteiger partial charge in [-0.2, -0.15) is 0 Å². The number of halogens is 1. The predicted molar refractivity (Wildman–Crippen MR) is 49.2 cm³/mol. The molecule has 1 heterocycles. The number of nitrogens with zero attached hydrogens (tertiary/aromatic N) is 1. The van der Waals surface area contributed by atoms with Crippen LogP contribution in [-0.2, 0) is 4.79 Å². The molecule has 0 radical (unpaired) electrons. The molecule has 0 saturated carbocycles. The first-order chi connectivity index (χ1) is 6.27. The van der Waals surface area contributed by atoms with Gasteiger partial charge < -0.3 is 10.2 Å². The van der Waals surface area contributed by atoms with E-state index < -0.39 is 0 Å². The van der Waals surface area contributed by atoms with Crippen molar-refractivity contribution in [2.75, 3.05) is 33.4 Å². The summed E-state index contributed by atoms with van der Waals surface area (Å²) in [4.78, 5) is 13.2. The lowest BCUT2D eigenvalue weighted by Crippen LogP contribution is -2.42. The number of likely N-dealkylation sites (tertiary alicyclic amines) is 1. The van der Waals surface area contributed by atoms with Crippen molar-refractivity contribution in [2.24, 2.45) is 5.92 Å².